The summed E-state index contributed by atoms with van der Waals surface area (Å²) in [6.45, 7) is 8.25. The zero-order valence-electron chi connectivity index (χ0n) is 15.0. The van der Waals surface area contributed by atoms with Gasteiger partial charge in [-0.05, 0) is 43.4 Å². The molecule has 134 valence electrons. The zero-order valence-corrected chi connectivity index (χ0v) is 15.0. The normalized spacial score (nSPS) is 17.0. The molecule has 0 aliphatic carbocycles. The van der Waals surface area contributed by atoms with Gasteiger partial charge in [-0.15, -0.1) is 0 Å². The molecule has 1 aromatic carbocycles. The minimum absolute atomic E-state index is 0.0504. The zero-order chi connectivity index (χ0) is 17.5. The average Bonchev–Trinajstić information content (AvgIpc) is 2.73. The quantitative estimate of drug-likeness (QED) is 0.683. The van der Waals surface area contributed by atoms with E-state index in [2.05, 4.69) is 31.4 Å². The number of hydrogen-bond donors (Lipinski definition) is 3. The lowest BCUT2D eigenvalue weighted by Crippen LogP contribution is -2.34. The van der Waals surface area contributed by atoms with Gasteiger partial charge in [0.1, 0.15) is 18.5 Å². The number of benzene rings is 1. The van der Waals surface area contributed by atoms with Crippen molar-refractivity contribution in [1.82, 2.24) is 5.32 Å². The van der Waals surface area contributed by atoms with Crippen LogP contribution < -0.4 is 15.4 Å². The Balaban J connectivity index is 1.84. The highest BCUT2D eigenvalue weighted by atomic mass is 16.5. The largest absolute Gasteiger partial charge is 0.490 e. The Kier molecular flexibility index (Phi) is 7.06. The van der Waals surface area contributed by atoms with Crippen molar-refractivity contribution in [2.75, 3.05) is 25.0 Å². The van der Waals surface area contributed by atoms with Crippen molar-refractivity contribution in [2.24, 2.45) is 11.8 Å². The first-order valence-electron chi connectivity index (χ1n) is 8.90. The molecular formula is C19H30N2O3. The molecule has 0 fully saturated rings. The van der Waals surface area contributed by atoms with E-state index in [0.29, 0.717) is 24.8 Å². The van der Waals surface area contributed by atoms with Crippen molar-refractivity contribution in [1.29, 1.82) is 0 Å². The number of fused-ring (bicyclic) bond motifs is 1. The standard InChI is InChI=1S/C19H30N2O3/c1-13(2)14(3)10-20-11-15(22)12-24-18-8-5-7-17-16(18)6-4-9-19(23)21-17/h5,7-8,13-15,20,22H,4,6,9-12H2,1-3H3,(H,21,23). The second-order valence-corrected chi connectivity index (χ2v) is 7.03. The van der Waals surface area contributed by atoms with Gasteiger partial charge >= 0.3 is 0 Å². The summed E-state index contributed by atoms with van der Waals surface area (Å²) in [5.41, 5.74) is 1.85. The Morgan fingerprint density at radius 3 is 2.79 bits per heavy atom. The number of anilines is 1. The van der Waals surface area contributed by atoms with Crippen molar-refractivity contribution in [2.45, 2.75) is 46.1 Å². The molecule has 1 aliphatic heterocycles. The van der Waals surface area contributed by atoms with E-state index in [-0.39, 0.29) is 12.5 Å². The van der Waals surface area contributed by atoms with Crippen molar-refractivity contribution < 1.29 is 14.6 Å². The molecule has 0 saturated carbocycles. The third-order valence-electron chi connectivity index (χ3n) is 4.65. The Morgan fingerprint density at radius 1 is 1.25 bits per heavy atom. The van der Waals surface area contributed by atoms with Crippen molar-refractivity contribution in [3.05, 3.63) is 23.8 Å². The van der Waals surface area contributed by atoms with Crippen molar-refractivity contribution in [3.8, 4) is 5.75 Å². The summed E-state index contributed by atoms with van der Waals surface area (Å²) >= 11 is 0. The first-order chi connectivity index (χ1) is 11.5. The Hall–Kier alpha value is -1.59. The predicted molar refractivity (Wildman–Crippen MR) is 96.4 cm³/mol. The molecule has 2 unspecified atom stereocenters. The Labute approximate surface area is 144 Å². The number of carbonyl (C=O) groups is 1. The van der Waals surface area contributed by atoms with Gasteiger partial charge < -0.3 is 20.5 Å². The molecule has 24 heavy (non-hydrogen) atoms. The van der Waals surface area contributed by atoms with E-state index in [0.717, 1.165) is 36.4 Å². The van der Waals surface area contributed by atoms with E-state index >= 15 is 0 Å². The Bertz CT molecular complexity index is 545. The lowest BCUT2D eigenvalue weighted by atomic mass is 9.98. The van der Waals surface area contributed by atoms with Gasteiger partial charge in [0.2, 0.25) is 5.91 Å². The van der Waals surface area contributed by atoms with Crippen LogP contribution in [0.1, 0.15) is 39.2 Å². The van der Waals surface area contributed by atoms with E-state index in [1.54, 1.807) is 0 Å². The van der Waals surface area contributed by atoms with E-state index < -0.39 is 6.10 Å². The monoisotopic (exact) mass is 334 g/mol. The van der Waals surface area contributed by atoms with Crippen LogP contribution in [0.15, 0.2) is 18.2 Å². The highest BCUT2D eigenvalue weighted by Crippen LogP contribution is 2.30. The molecule has 1 amide bonds. The van der Waals surface area contributed by atoms with Gasteiger partial charge in [0.15, 0.2) is 0 Å². The fourth-order valence-electron chi connectivity index (χ4n) is 2.67. The van der Waals surface area contributed by atoms with E-state index in [1.807, 2.05) is 18.2 Å². The van der Waals surface area contributed by atoms with Crippen LogP contribution in [0.25, 0.3) is 0 Å². The van der Waals surface area contributed by atoms with Gasteiger partial charge in [-0.3, -0.25) is 4.79 Å². The maximum atomic E-state index is 11.6. The summed E-state index contributed by atoms with van der Waals surface area (Å²) in [6, 6.07) is 5.67. The third-order valence-corrected chi connectivity index (χ3v) is 4.65. The third kappa shape index (κ3) is 5.49. The topological polar surface area (TPSA) is 70.6 Å². The lowest BCUT2D eigenvalue weighted by molar-refractivity contribution is -0.116. The van der Waals surface area contributed by atoms with Gasteiger partial charge in [-0.2, -0.15) is 0 Å². The van der Waals surface area contributed by atoms with Crippen LogP contribution in [0.3, 0.4) is 0 Å². The number of ether oxygens (including phenoxy) is 1. The van der Waals surface area contributed by atoms with Gasteiger partial charge in [0, 0.05) is 24.2 Å². The van der Waals surface area contributed by atoms with Crippen LogP contribution in [-0.4, -0.2) is 36.8 Å². The SMILES string of the molecule is CC(C)C(C)CNCC(O)COc1cccc2c1CCCC(=O)N2. The number of aliphatic hydroxyl groups is 1. The summed E-state index contributed by atoms with van der Waals surface area (Å²) < 4.78 is 5.82. The van der Waals surface area contributed by atoms with Gasteiger partial charge in [0.05, 0.1) is 0 Å². The summed E-state index contributed by atoms with van der Waals surface area (Å²) in [5, 5.41) is 16.3. The highest BCUT2D eigenvalue weighted by Gasteiger charge is 2.17. The molecule has 0 radical (unpaired) electrons. The van der Waals surface area contributed by atoms with Crippen molar-refractivity contribution in [3.63, 3.8) is 0 Å². The van der Waals surface area contributed by atoms with Crippen LogP contribution in [0, 0.1) is 11.8 Å². The van der Waals surface area contributed by atoms with E-state index in [9.17, 15) is 9.90 Å². The Morgan fingerprint density at radius 2 is 2.04 bits per heavy atom. The number of hydrogen-bond acceptors (Lipinski definition) is 4. The number of amides is 1. The highest BCUT2D eigenvalue weighted by molar-refractivity contribution is 5.92. The lowest BCUT2D eigenvalue weighted by Gasteiger charge is -2.19. The summed E-state index contributed by atoms with van der Waals surface area (Å²) in [4.78, 5) is 11.6. The molecule has 0 saturated heterocycles. The second-order valence-electron chi connectivity index (χ2n) is 7.03. The summed E-state index contributed by atoms with van der Waals surface area (Å²) in [7, 11) is 0. The maximum Gasteiger partial charge on any atom is 0.224 e. The number of nitrogens with one attached hydrogen (secondary N) is 2. The molecule has 0 spiro atoms. The average molecular weight is 334 g/mol. The molecule has 3 N–H and O–H groups in total. The molecule has 2 rings (SSSR count). The van der Waals surface area contributed by atoms with Crippen LogP contribution in [0.4, 0.5) is 5.69 Å². The predicted octanol–water partition coefficient (Wildman–Crippen LogP) is 2.58. The van der Waals surface area contributed by atoms with Gasteiger partial charge in [-0.1, -0.05) is 26.8 Å². The van der Waals surface area contributed by atoms with Crippen LogP contribution in [0.2, 0.25) is 0 Å². The van der Waals surface area contributed by atoms with Gasteiger partial charge in [0.25, 0.3) is 0 Å². The first kappa shape index (κ1) is 18.7. The molecule has 1 heterocycles. The smallest absolute Gasteiger partial charge is 0.224 e. The summed E-state index contributed by atoms with van der Waals surface area (Å²) in [6.07, 6.45) is 1.61. The van der Waals surface area contributed by atoms with Gasteiger partial charge in [-0.25, -0.2) is 0 Å². The fourth-order valence-corrected chi connectivity index (χ4v) is 2.67. The molecule has 5 nitrogen and oxygen atoms in total. The van der Waals surface area contributed by atoms with E-state index in [4.69, 9.17) is 4.74 Å². The molecular weight excluding hydrogens is 304 g/mol. The number of rotatable bonds is 8. The minimum atomic E-state index is -0.555. The number of aliphatic hydroxyl groups excluding tert-OH is 1. The molecule has 2 atom stereocenters. The molecule has 0 aromatic heterocycles. The maximum absolute atomic E-state index is 11.6. The van der Waals surface area contributed by atoms with Crippen LogP contribution in [-0.2, 0) is 11.2 Å². The van der Waals surface area contributed by atoms with Crippen LogP contribution >= 0.6 is 0 Å². The minimum Gasteiger partial charge on any atom is -0.490 e. The van der Waals surface area contributed by atoms with Crippen molar-refractivity contribution >= 4 is 11.6 Å². The molecule has 1 aromatic rings. The molecule has 5 heteroatoms. The number of carbonyl (C=O) groups excluding carboxylic acids is 1. The first-order valence-corrected chi connectivity index (χ1v) is 8.90. The summed E-state index contributed by atoms with van der Waals surface area (Å²) in [5.74, 6) is 2.01. The fraction of sp³-hybridized carbons (Fsp3) is 0.632. The second kappa shape index (κ2) is 9.04. The van der Waals surface area contributed by atoms with Crippen LogP contribution in [0.5, 0.6) is 5.75 Å². The van der Waals surface area contributed by atoms with E-state index in [1.165, 1.54) is 0 Å². The molecule has 0 bridgehead atoms. The molecule has 1 aliphatic rings.